The van der Waals surface area contributed by atoms with Crippen LogP contribution in [0.4, 0.5) is 0 Å². The Morgan fingerprint density at radius 1 is 1.26 bits per heavy atom. The second kappa shape index (κ2) is 5.66. The average molecular weight is 273 g/mol. The summed E-state index contributed by atoms with van der Waals surface area (Å²) in [7, 11) is 1.93. The maximum Gasteiger partial charge on any atom is 0.136 e. The predicted molar refractivity (Wildman–Crippen MR) is 71.9 cm³/mol. The van der Waals surface area contributed by atoms with E-state index in [9.17, 15) is 0 Å². The Morgan fingerprint density at radius 2 is 1.95 bits per heavy atom. The predicted octanol–water partition coefficient (Wildman–Crippen LogP) is 1.61. The minimum atomic E-state index is -0.425. The summed E-state index contributed by atoms with van der Waals surface area (Å²) < 4.78 is 18.1. The van der Waals surface area contributed by atoms with Gasteiger partial charge in [0.15, 0.2) is 0 Å². The lowest BCUT2D eigenvalue weighted by Crippen LogP contribution is -2.61. The second-order valence-corrected chi connectivity index (χ2v) is 6.21. The van der Waals surface area contributed by atoms with Crippen LogP contribution in [-0.4, -0.2) is 61.4 Å². The molecular weight excluding hydrogens is 246 g/mol. The van der Waals surface area contributed by atoms with Gasteiger partial charge in [0.1, 0.15) is 17.8 Å². The first-order chi connectivity index (χ1) is 8.84. The summed E-state index contributed by atoms with van der Waals surface area (Å²) in [6, 6.07) is 0. The van der Waals surface area contributed by atoms with E-state index in [0.29, 0.717) is 13.2 Å². The first-order valence-corrected chi connectivity index (χ1v) is 7.17. The Bertz CT molecular complexity index is 306. The van der Waals surface area contributed by atoms with Gasteiger partial charge >= 0.3 is 0 Å². The zero-order chi connectivity index (χ0) is 14.2. The standard InChI is InChI=1S/C14H27NO4/c1-9(2)16-8-14-7-15(6)19-12(11(5)18-14)13(14)17-10(3)4/h9-13H,7-8H2,1-6H3/t11-,12+,13?,14+/m0/s1. The Balaban J connectivity index is 2.18. The molecule has 5 nitrogen and oxygen atoms in total. The van der Waals surface area contributed by atoms with Gasteiger partial charge in [-0.2, -0.15) is 5.06 Å². The van der Waals surface area contributed by atoms with Crippen molar-refractivity contribution in [3.63, 3.8) is 0 Å². The zero-order valence-corrected chi connectivity index (χ0v) is 12.9. The number of rotatable bonds is 5. The van der Waals surface area contributed by atoms with Crippen molar-refractivity contribution in [3.05, 3.63) is 0 Å². The molecule has 2 saturated heterocycles. The molecule has 2 aliphatic rings. The van der Waals surface area contributed by atoms with Crippen LogP contribution in [0.2, 0.25) is 0 Å². The molecule has 0 aliphatic carbocycles. The Morgan fingerprint density at radius 3 is 2.53 bits per heavy atom. The number of hydrogen-bond acceptors (Lipinski definition) is 5. The van der Waals surface area contributed by atoms with Gasteiger partial charge in [-0.1, -0.05) is 0 Å². The first kappa shape index (κ1) is 15.2. The molecule has 2 bridgehead atoms. The minimum absolute atomic E-state index is 0.0180. The molecule has 1 unspecified atom stereocenters. The van der Waals surface area contributed by atoms with Crippen LogP contribution in [0.25, 0.3) is 0 Å². The summed E-state index contributed by atoms with van der Waals surface area (Å²) in [5, 5.41) is 1.85. The van der Waals surface area contributed by atoms with Crippen molar-refractivity contribution >= 4 is 0 Å². The van der Waals surface area contributed by atoms with E-state index < -0.39 is 5.60 Å². The highest BCUT2D eigenvalue weighted by atomic mass is 16.7. The van der Waals surface area contributed by atoms with E-state index in [4.69, 9.17) is 19.0 Å². The van der Waals surface area contributed by atoms with Gasteiger partial charge in [0.05, 0.1) is 31.5 Å². The van der Waals surface area contributed by atoms with Gasteiger partial charge in [-0.15, -0.1) is 0 Å². The molecular formula is C14H27NO4. The van der Waals surface area contributed by atoms with Crippen LogP contribution in [0.15, 0.2) is 0 Å². The highest BCUT2D eigenvalue weighted by Gasteiger charge is 2.60. The molecule has 19 heavy (non-hydrogen) atoms. The second-order valence-electron chi connectivity index (χ2n) is 6.21. The van der Waals surface area contributed by atoms with Crippen LogP contribution < -0.4 is 0 Å². The van der Waals surface area contributed by atoms with Crippen LogP contribution in [0.1, 0.15) is 34.6 Å². The number of hydroxylamine groups is 2. The van der Waals surface area contributed by atoms with E-state index >= 15 is 0 Å². The molecule has 2 heterocycles. The molecule has 0 spiro atoms. The molecule has 0 radical (unpaired) electrons. The van der Waals surface area contributed by atoms with E-state index in [2.05, 4.69) is 0 Å². The number of nitrogens with zero attached hydrogens (tertiary/aromatic N) is 1. The molecule has 0 N–H and O–H groups in total. The fourth-order valence-electron chi connectivity index (χ4n) is 2.90. The Kier molecular flexibility index (Phi) is 4.52. The molecule has 4 atom stereocenters. The molecule has 2 aliphatic heterocycles. The van der Waals surface area contributed by atoms with Gasteiger partial charge in [-0.05, 0) is 34.6 Å². The van der Waals surface area contributed by atoms with Crippen molar-refractivity contribution in [2.24, 2.45) is 0 Å². The summed E-state index contributed by atoms with van der Waals surface area (Å²) in [6.07, 6.45) is 0.214. The van der Waals surface area contributed by atoms with Crippen LogP contribution in [0, 0.1) is 0 Å². The Hall–Kier alpha value is -0.200. The van der Waals surface area contributed by atoms with E-state index in [0.717, 1.165) is 0 Å². The number of ether oxygens (including phenoxy) is 3. The van der Waals surface area contributed by atoms with Crippen molar-refractivity contribution in [3.8, 4) is 0 Å². The third kappa shape index (κ3) is 3.11. The maximum atomic E-state index is 6.19. The summed E-state index contributed by atoms with van der Waals surface area (Å²) in [4.78, 5) is 5.86. The molecule has 0 aromatic heterocycles. The molecule has 112 valence electrons. The van der Waals surface area contributed by atoms with Gasteiger partial charge in [-0.3, -0.25) is 4.84 Å². The summed E-state index contributed by atoms with van der Waals surface area (Å²) in [5.74, 6) is 0. The van der Waals surface area contributed by atoms with Crippen molar-refractivity contribution in [1.29, 1.82) is 0 Å². The molecule has 0 aromatic carbocycles. The van der Waals surface area contributed by atoms with Gasteiger partial charge in [0.2, 0.25) is 0 Å². The normalized spacial score (nSPS) is 39.5. The molecule has 0 saturated carbocycles. The lowest BCUT2D eigenvalue weighted by molar-refractivity contribution is -0.274. The largest absolute Gasteiger partial charge is 0.376 e. The smallest absolute Gasteiger partial charge is 0.136 e. The third-order valence-corrected chi connectivity index (χ3v) is 3.57. The van der Waals surface area contributed by atoms with Crippen LogP contribution >= 0.6 is 0 Å². The summed E-state index contributed by atoms with van der Waals surface area (Å²) in [6.45, 7) is 11.4. The zero-order valence-electron chi connectivity index (χ0n) is 12.9. The summed E-state index contributed by atoms with van der Waals surface area (Å²) >= 11 is 0. The van der Waals surface area contributed by atoms with Crippen molar-refractivity contribution in [2.75, 3.05) is 20.2 Å². The van der Waals surface area contributed by atoms with Crippen molar-refractivity contribution in [1.82, 2.24) is 5.06 Å². The number of fused-ring (bicyclic) bond motifs is 2. The monoisotopic (exact) mass is 273 g/mol. The summed E-state index contributed by atoms with van der Waals surface area (Å²) in [5.41, 5.74) is -0.425. The van der Waals surface area contributed by atoms with E-state index in [1.165, 1.54) is 0 Å². The van der Waals surface area contributed by atoms with Crippen LogP contribution in [0.5, 0.6) is 0 Å². The van der Waals surface area contributed by atoms with Crippen molar-refractivity contribution < 1.29 is 19.0 Å². The first-order valence-electron chi connectivity index (χ1n) is 7.17. The Labute approximate surface area is 116 Å². The topological polar surface area (TPSA) is 40.2 Å². The molecule has 0 amide bonds. The van der Waals surface area contributed by atoms with E-state index in [-0.39, 0.29) is 30.5 Å². The molecule has 2 rings (SSSR count). The molecule has 2 fully saturated rings. The fraction of sp³-hybridized carbons (Fsp3) is 1.00. The van der Waals surface area contributed by atoms with Crippen LogP contribution in [0.3, 0.4) is 0 Å². The quantitative estimate of drug-likeness (QED) is 0.761. The number of likely N-dealkylation sites (N-methyl/N-ethyl adjacent to an activating group) is 1. The van der Waals surface area contributed by atoms with Crippen LogP contribution in [-0.2, 0) is 19.0 Å². The van der Waals surface area contributed by atoms with Gasteiger partial charge < -0.3 is 14.2 Å². The van der Waals surface area contributed by atoms with Crippen molar-refractivity contribution in [2.45, 2.75) is 70.7 Å². The highest BCUT2D eigenvalue weighted by Crippen LogP contribution is 2.40. The van der Waals surface area contributed by atoms with Gasteiger partial charge in [0.25, 0.3) is 0 Å². The highest BCUT2D eigenvalue weighted by molar-refractivity contribution is 5.06. The average Bonchev–Trinajstić information content (AvgIpc) is 2.44. The molecule has 0 aromatic rings. The van der Waals surface area contributed by atoms with E-state index in [1.54, 1.807) is 0 Å². The lowest BCUT2D eigenvalue weighted by Gasteiger charge is -2.42. The lowest BCUT2D eigenvalue weighted by atomic mass is 9.93. The SMILES string of the molecule is CC(C)OC[C@]12CN(C)O[C@@H](C1OC(C)C)[C@H](C)O2. The molecule has 5 heteroatoms. The number of hydrogen-bond donors (Lipinski definition) is 0. The fourth-order valence-corrected chi connectivity index (χ4v) is 2.90. The third-order valence-electron chi connectivity index (χ3n) is 3.57. The van der Waals surface area contributed by atoms with Gasteiger partial charge in [0, 0.05) is 7.05 Å². The maximum absolute atomic E-state index is 6.19. The van der Waals surface area contributed by atoms with Gasteiger partial charge in [-0.25, -0.2) is 0 Å². The minimum Gasteiger partial charge on any atom is -0.376 e. The van der Waals surface area contributed by atoms with E-state index in [1.807, 2.05) is 46.7 Å².